The van der Waals surface area contributed by atoms with Gasteiger partial charge in [0, 0.05) is 23.1 Å². The second-order valence-electron chi connectivity index (χ2n) is 7.19. The normalized spacial score (nSPS) is 14.6. The van der Waals surface area contributed by atoms with Crippen LogP contribution in [0.25, 0.3) is 5.70 Å². The zero-order valence-electron chi connectivity index (χ0n) is 15.0. The maximum Gasteiger partial charge on any atom is 0.232 e. The van der Waals surface area contributed by atoms with Crippen LogP contribution in [0.3, 0.4) is 0 Å². The van der Waals surface area contributed by atoms with Crippen LogP contribution in [-0.2, 0) is 4.79 Å². The number of benzene rings is 1. The van der Waals surface area contributed by atoms with Gasteiger partial charge in [-0.3, -0.25) is 9.59 Å². The van der Waals surface area contributed by atoms with Gasteiger partial charge in [-0.1, -0.05) is 39.0 Å². The van der Waals surface area contributed by atoms with Crippen molar-refractivity contribution in [3.8, 4) is 5.75 Å². The number of ether oxygens (including phenoxy) is 1. The van der Waals surface area contributed by atoms with E-state index in [2.05, 4.69) is 0 Å². The van der Waals surface area contributed by atoms with Crippen LogP contribution in [0.4, 0.5) is 0 Å². The molecule has 24 heavy (non-hydrogen) atoms. The fourth-order valence-corrected chi connectivity index (χ4v) is 2.52. The van der Waals surface area contributed by atoms with E-state index >= 15 is 0 Å². The Bertz CT molecular complexity index is 693. The molecule has 4 nitrogen and oxygen atoms in total. The molecule has 0 N–H and O–H groups in total. The molecule has 0 aliphatic carbocycles. The maximum atomic E-state index is 12.8. The summed E-state index contributed by atoms with van der Waals surface area (Å²) < 4.78 is 5.89. The first-order valence-electron chi connectivity index (χ1n) is 8.19. The minimum atomic E-state index is -0.480. The highest BCUT2D eigenvalue weighted by molar-refractivity contribution is 5.92. The standard InChI is InChI=1S/C20H25NO3/c1-14(2)24-18-12-15(13-22)9-10-16(18)17-8-6-7-11-21(17)19(23)20(3,4)5/h6-10,12-14H,11H2,1-5H3. The first-order chi connectivity index (χ1) is 11.2. The largest absolute Gasteiger partial charge is 0.490 e. The van der Waals surface area contributed by atoms with Crippen LogP contribution >= 0.6 is 0 Å². The summed E-state index contributed by atoms with van der Waals surface area (Å²) >= 11 is 0. The van der Waals surface area contributed by atoms with Gasteiger partial charge in [-0.05, 0) is 32.1 Å². The Morgan fingerprint density at radius 2 is 2.00 bits per heavy atom. The molecule has 0 spiro atoms. The Morgan fingerprint density at radius 3 is 2.58 bits per heavy atom. The summed E-state index contributed by atoms with van der Waals surface area (Å²) in [6.45, 7) is 10.1. The van der Waals surface area contributed by atoms with Gasteiger partial charge in [-0.15, -0.1) is 0 Å². The van der Waals surface area contributed by atoms with Crippen LogP contribution in [0.1, 0.15) is 50.5 Å². The van der Waals surface area contributed by atoms with Crippen molar-refractivity contribution in [1.82, 2.24) is 4.90 Å². The zero-order chi connectivity index (χ0) is 17.9. The topological polar surface area (TPSA) is 46.6 Å². The van der Waals surface area contributed by atoms with Gasteiger partial charge in [0.05, 0.1) is 11.8 Å². The van der Waals surface area contributed by atoms with Gasteiger partial charge in [0.2, 0.25) is 5.91 Å². The molecule has 1 heterocycles. The Morgan fingerprint density at radius 1 is 1.29 bits per heavy atom. The van der Waals surface area contributed by atoms with E-state index in [1.54, 1.807) is 17.0 Å². The molecule has 2 rings (SSSR count). The van der Waals surface area contributed by atoms with E-state index in [0.29, 0.717) is 17.9 Å². The third-order valence-electron chi connectivity index (χ3n) is 3.64. The number of aldehydes is 1. The number of hydrogen-bond acceptors (Lipinski definition) is 3. The highest BCUT2D eigenvalue weighted by Gasteiger charge is 2.31. The van der Waals surface area contributed by atoms with Gasteiger partial charge in [0.15, 0.2) is 0 Å². The number of hydrogen-bond donors (Lipinski definition) is 0. The summed E-state index contributed by atoms with van der Waals surface area (Å²) in [6.07, 6.45) is 6.57. The molecule has 128 valence electrons. The first kappa shape index (κ1) is 18.0. The Hall–Kier alpha value is -2.36. The summed E-state index contributed by atoms with van der Waals surface area (Å²) in [5, 5.41) is 0. The van der Waals surface area contributed by atoms with Crippen LogP contribution in [0.15, 0.2) is 36.4 Å². The summed E-state index contributed by atoms with van der Waals surface area (Å²) in [5.74, 6) is 0.663. The van der Waals surface area contributed by atoms with Gasteiger partial charge in [-0.25, -0.2) is 0 Å². The Balaban J connectivity index is 2.51. The number of allylic oxidation sites excluding steroid dienone is 2. The van der Waals surface area contributed by atoms with Gasteiger partial charge < -0.3 is 9.64 Å². The lowest BCUT2D eigenvalue weighted by Gasteiger charge is -2.33. The van der Waals surface area contributed by atoms with Crippen LogP contribution in [0.2, 0.25) is 0 Å². The molecule has 0 saturated heterocycles. The van der Waals surface area contributed by atoms with Crippen LogP contribution in [-0.4, -0.2) is 29.7 Å². The number of carbonyl (C=O) groups is 2. The molecule has 1 aromatic rings. The minimum Gasteiger partial charge on any atom is -0.490 e. The molecule has 1 aliphatic heterocycles. The number of carbonyl (C=O) groups excluding carboxylic acids is 2. The van der Waals surface area contributed by atoms with Crippen molar-refractivity contribution in [3.63, 3.8) is 0 Å². The van der Waals surface area contributed by atoms with E-state index < -0.39 is 5.41 Å². The van der Waals surface area contributed by atoms with Crippen molar-refractivity contribution < 1.29 is 14.3 Å². The first-order valence-corrected chi connectivity index (χ1v) is 8.19. The highest BCUT2D eigenvalue weighted by Crippen LogP contribution is 2.34. The second-order valence-corrected chi connectivity index (χ2v) is 7.19. The number of amides is 1. The molecule has 4 heteroatoms. The molecule has 0 atom stereocenters. The van der Waals surface area contributed by atoms with E-state index in [4.69, 9.17) is 4.74 Å². The summed E-state index contributed by atoms with van der Waals surface area (Å²) in [7, 11) is 0. The zero-order valence-corrected chi connectivity index (χ0v) is 15.0. The lowest BCUT2D eigenvalue weighted by atomic mass is 9.93. The molecule has 0 bridgehead atoms. The van der Waals surface area contributed by atoms with Crippen LogP contribution in [0.5, 0.6) is 5.75 Å². The van der Waals surface area contributed by atoms with Crippen molar-refractivity contribution in [2.75, 3.05) is 6.54 Å². The molecular formula is C20H25NO3. The van der Waals surface area contributed by atoms with Crippen molar-refractivity contribution in [1.29, 1.82) is 0 Å². The average Bonchev–Trinajstić information content (AvgIpc) is 2.52. The van der Waals surface area contributed by atoms with Crippen molar-refractivity contribution >= 4 is 17.9 Å². The van der Waals surface area contributed by atoms with E-state index in [1.807, 2.05) is 58.9 Å². The second kappa shape index (κ2) is 7.04. The smallest absolute Gasteiger partial charge is 0.232 e. The van der Waals surface area contributed by atoms with Crippen molar-refractivity contribution in [2.24, 2.45) is 5.41 Å². The van der Waals surface area contributed by atoms with Crippen LogP contribution in [0, 0.1) is 5.41 Å². The molecule has 0 saturated carbocycles. The number of nitrogens with zero attached hydrogens (tertiary/aromatic N) is 1. The van der Waals surface area contributed by atoms with Gasteiger partial charge in [0.25, 0.3) is 0 Å². The molecule has 0 fully saturated rings. The minimum absolute atomic E-state index is 0.0304. The van der Waals surface area contributed by atoms with E-state index in [0.717, 1.165) is 17.5 Å². The molecule has 0 radical (unpaired) electrons. The summed E-state index contributed by atoms with van der Waals surface area (Å²) in [5.41, 5.74) is 1.68. The van der Waals surface area contributed by atoms with Gasteiger partial charge in [-0.2, -0.15) is 0 Å². The Labute approximate surface area is 143 Å². The fraction of sp³-hybridized carbons (Fsp3) is 0.400. The third kappa shape index (κ3) is 3.94. The van der Waals surface area contributed by atoms with Crippen LogP contribution < -0.4 is 4.74 Å². The number of rotatable bonds is 4. The van der Waals surface area contributed by atoms with Crippen molar-refractivity contribution in [2.45, 2.75) is 40.7 Å². The molecule has 1 aliphatic rings. The van der Waals surface area contributed by atoms with E-state index in [9.17, 15) is 9.59 Å². The quantitative estimate of drug-likeness (QED) is 0.783. The molecule has 0 aromatic heterocycles. The summed E-state index contributed by atoms with van der Waals surface area (Å²) in [6, 6.07) is 5.31. The fourth-order valence-electron chi connectivity index (χ4n) is 2.52. The lowest BCUT2D eigenvalue weighted by molar-refractivity contribution is -0.135. The SMILES string of the molecule is CC(C)Oc1cc(C=O)ccc1C1=CC=CCN1C(=O)C(C)(C)C. The molecule has 1 amide bonds. The molecule has 0 unspecified atom stereocenters. The van der Waals surface area contributed by atoms with Gasteiger partial charge >= 0.3 is 0 Å². The Kier molecular flexibility index (Phi) is 5.27. The van der Waals surface area contributed by atoms with Crippen molar-refractivity contribution in [3.05, 3.63) is 47.6 Å². The van der Waals surface area contributed by atoms with E-state index in [1.165, 1.54) is 0 Å². The molecule has 1 aromatic carbocycles. The third-order valence-corrected chi connectivity index (χ3v) is 3.64. The van der Waals surface area contributed by atoms with Gasteiger partial charge in [0.1, 0.15) is 12.0 Å². The van der Waals surface area contributed by atoms with E-state index in [-0.39, 0.29) is 12.0 Å². The summed E-state index contributed by atoms with van der Waals surface area (Å²) in [4.78, 5) is 25.7. The predicted molar refractivity (Wildman–Crippen MR) is 95.9 cm³/mol. The average molecular weight is 327 g/mol. The highest BCUT2D eigenvalue weighted by atomic mass is 16.5. The predicted octanol–water partition coefficient (Wildman–Crippen LogP) is 4.07. The molecular weight excluding hydrogens is 302 g/mol. The monoisotopic (exact) mass is 327 g/mol. The lowest BCUT2D eigenvalue weighted by Crippen LogP contribution is -2.39. The maximum absolute atomic E-state index is 12.8.